The standard InChI is InChI=1S/C22H20F3N3O2/c1-13-3-2-4-15(19(13)29)11-28-10-9-17-18(12-28)26-20(27-21(17)30)14-5-7-16(8-6-14)22(23,24)25/h2-8,29H,9-12H2,1H3,(H,26,27,30). The molecule has 2 N–H and O–H groups in total. The van der Waals surface area contributed by atoms with Crippen LogP contribution in [0.15, 0.2) is 47.3 Å². The Labute approximate surface area is 170 Å². The van der Waals surface area contributed by atoms with Gasteiger partial charge in [-0.3, -0.25) is 9.69 Å². The molecule has 156 valence electrons. The first kappa shape index (κ1) is 20.2. The van der Waals surface area contributed by atoms with Crippen molar-refractivity contribution in [3.05, 3.63) is 80.8 Å². The number of aromatic nitrogens is 2. The van der Waals surface area contributed by atoms with Crippen LogP contribution in [-0.4, -0.2) is 26.5 Å². The Morgan fingerprint density at radius 3 is 2.60 bits per heavy atom. The number of H-pyrrole nitrogens is 1. The van der Waals surface area contributed by atoms with E-state index in [-0.39, 0.29) is 17.1 Å². The lowest BCUT2D eigenvalue weighted by Gasteiger charge is -2.28. The van der Waals surface area contributed by atoms with Gasteiger partial charge in [-0.1, -0.05) is 30.3 Å². The minimum absolute atomic E-state index is 0.243. The Kier molecular flexibility index (Phi) is 5.11. The first-order chi connectivity index (χ1) is 14.2. The maximum atomic E-state index is 12.8. The molecule has 0 radical (unpaired) electrons. The van der Waals surface area contributed by atoms with Gasteiger partial charge in [0.05, 0.1) is 11.3 Å². The van der Waals surface area contributed by atoms with Gasteiger partial charge in [0.15, 0.2) is 0 Å². The molecule has 1 aliphatic rings. The van der Waals surface area contributed by atoms with Gasteiger partial charge in [-0.2, -0.15) is 13.2 Å². The maximum Gasteiger partial charge on any atom is 0.416 e. The number of phenolic OH excluding ortho intramolecular Hbond substituents is 1. The Morgan fingerprint density at radius 1 is 1.17 bits per heavy atom. The van der Waals surface area contributed by atoms with Crippen LogP contribution < -0.4 is 5.56 Å². The summed E-state index contributed by atoms with van der Waals surface area (Å²) in [6, 6.07) is 10.1. The Balaban J connectivity index is 1.60. The molecule has 0 fully saturated rings. The highest BCUT2D eigenvalue weighted by molar-refractivity contribution is 5.56. The molecule has 2 heterocycles. The van der Waals surface area contributed by atoms with Crippen molar-refractivity contribution < 1.29 is 18.3 Å². The van der Waals surface area contributed by atoms with Crippen LogP contribution in [0.3, 0.4) is 0 Å². The SMILES string of the molecule is Cc1cccc(CN2CCc3c(nc(-c4ccc(C(F)(F)F)cc4)[nH]c3=O)C2)c1O. The van der Waals surface area contributed by atoms with E-state index in [0.717, 1.165) is 23.3 Å². The number of benzene rings is 2. The Bertz CT molecular complexity index is 1140. The highest BCUT2D eigenvalue weighted by Gasteiger charge is 2.30. The fraction of sp³-hybridized carbons (Fsp3) is 0.273. The van der Waals surface area contributed by atoms with Crippen molar-refractivity contribution in [2.75, 3.05) is 6.54 Å². The molecule has 0 aliphatic carbocycles. The van der Waals surface area contributed by atoms with Crippen LogP contribution in [0.25, 0.3) is 11.4 Å². The van der Waals surface area contributed by atoms with Gasteiger partial charge in [0.1, 0.15) is 11.6 Å². The molecule has 2 aromatic carbocycles. The lowest BCUT2D eigenvalue weighted by Crippen LogP contribution is -2.35. The number of aryl methyl sites for hydroxylation is 1. The molecule has 3 aromatic rings. The maximum absolute atomic E-state index is 12.8. The van der Waals surface area contributed by atoms with Crippen molar-refractivity contribution in [2.45, 2.75) is 32.6 Å². The molecule has 5 nitrogen and oxygen atoms in total. The molecule has 0 saturated carbocycles. The van der Waals surface area contributed by atoms with Gasteiger partial charge >= 0.3 is 6.18 Å². The van der Waals surface area contributed by atoms with E-state index in [0.29, 0.717) is 42.9 Å². The molecular weight excluding hydrogens is 395 g/mol. The Hall–Kier alpha value is -3.13. The summed E-state index contributed by atoms with van der Waals surface area (Å²) in [5, 5.41) is 10.3. The summed E-state index contributed by atoms with van der Waals surface area (Å²) in [5.41, 5.74) is 2.18. The number of para-hydroxylation sites is 1. The van der Waals surface area contributed by atoms with E-state index in [4.69, 9.17) is 0 Å². The number of phenols is 1. The van der Waals surface area contributed by atoms with Gasteiger partial charge in [-0.15, -0.1) is 0 Å². The van der Waals surface area contributed by atoms with Crippen molar-refractivity contribution in [3.63, 3.8) is 0 Å². The molecular formula is C22H20F3N3O2. The fourth-order valence-electron chi connectivity index (χ4n) is 3.67. The molecule has 4 rings (SSSR count). The average molecular weight is 415 g/mol. The zero-order valence-electron chi connectivity index (χ0n) is 16.3. The van der Waals surface area contributed by atoms with Crippen molar-refractivity contribution in [2.24, 2.45) is 0 Å². The Morgan fingerprint density at radius 2 is 1.90 bits per heavy atom. The zero-order chi connectivity index (χ0) is 21.5. The van der Waals surface area contributed by atoms with Crippen LogP contribution >= 0.6 is 0 Å². The van der Waals surface area contributed by atoms with Gasteiger partial charge in [0.2, 0.25) is 0 Å². The minimum atomic E-state index is -4.42. The van der Waals surface area contributed by atoms with E-state index in [1.54, 1.807) is 0 Å². The summed E-state index contributed by atoms with van der Waals surface area (Å²) >= 11 is 0. The highest BCUT2D eigenvalue weighted by Crippen LogP contribution is 2.30. The predicted molar refractivity (Wildman–Crippen MR) is 106 cm³/mol. The second kappa shape index (κ2) is 7.60. The molecule has 1 aliphatic heterocycles. The number of alkyl halides is 3. The molecule has 1 aromatic heterocycles. The zero-order valence-corrected chi connectivity index (χ0v) is 16.3. The topological polar surface area (TPSA) is 69.2 Å². The molecule has 0 saturated heterocycles. The van der Waals surface area contributed by atoms with E-state index >= 15 is 0 Å². The number of aromatic hydroxyl groups is 1. The van der Waals surface area contributed by atoms with Crippen LogP contribution in [0.1, 0.15) is 27.9 Å². The number of aromatic amines is 1. The van der Waals surface area contributed by atoms with Crippen LogP contribution in [0.2, 0.25) is 0 Å². The summed E-state index contributed by atoms with van der Waals surface area (Å²) in [7, 11) is 0. The van der Waals surface area contributed by atoms with E-state index in [2.05, 4.69) is 14.9 Å². The number of hydrogen-bond acceptors (Lipinski definition) is 4. The van der Waals surface area contributed by atoms with Crippen molar-refractivity contribution >= 4 is 0 Å². The number of nitrogens with zero attached hydrogens (tertiary/aromatic N) is 2. The number of fused-ring (bicyclic) bond motifs is 1. The average Bonchev–Trinajstić information content (AvgIpc) is 2.70. The summed E-state index contributed by atoms with van der Waals surface area (Å²) in [6.07, 6.45) is -3.91. The number of hydrogen-bond donors (Lipinski definition) is 2. The van der Waals surface area contributed by atoms with Crippen LogP contribution in [0.4, 0.5) is 13.2 Å². The van der Waals surface area contributed by atoms with Crippen LogP contribution in [0.5, 0.6) is 5.75 Å². The largest absolute Gasteiger partial charge is 0.507 e. The summed E-state index contributed by atoms with van der Waals surface area (Å²) in [6.45, 7) is 3.41. The monoisotopic (exact) mass is 415 g/mol. The summed E-state index contributed by atoms with van der Waals surface area (Å²) < 4.78 is 38.4. The van der Waals surface area contributed by atoms with E-state index < -0.39 is 11.7 Å². The van der Waals surface area contributed by atoms with Gasteiger partial charge in [-0.05, 0) is 31.0 Å². The molecule has 0 atom stereocenters. The lowest BCUT2D eigenvalue weighted by atomic mass is 10.0. The highest BCUT2D eigenvalue weighted by atomic mass is 19.4. The third-order valence-corrected chi connectivity index (χ3v) is 5.35. The van der Waals surface area contributed by atoms with Gasteiger partial charge in [-0.25, -0.2) is 4.98 Å². The third-order valence-electron chi connectivity index (χ3n) is 5.35. The van der Waals surface area contributed by atoms with Crippen molar-refractivity contribution in [1.29, 1.82) is 0 Å². The smallest absolute Gasteiger partial charge is 0.416 e. The second-order valence-corrected chi connectivity index (χ2v) is 7.46. The molecule has 0 spiro atoms. The molecule has 0 amide bonds. The first-order valence-corrected chi connectivity index (χ1v) is 9.52. The van der Waals surface area contributed by atoms with E-state index in [1.807, 2.05) is 25.1 Å². The van der Waals surface area contributed by atoms with Crippen molar-refractivity contribution in [3.8, 4) is 17.1 Å². The second-order valence-electron chi connectivity index (χ2n) is 7.46. The van der Waals surface area contributed by atoms with Crippen LogP contribution in [0, 0.1) is 6.92 Å². The van der Waals surface area contributed by atoms with E-state index in [1.165, 1.54) is 12.1 Å². The molecule has 8 heteroatoms. The van der Waals surface area contributed by atoms with Gasteiger partial charge in [0, 0.05) is 36.3 Å². The molecule has 0 bridgehead atoms. The van der Waals surface area contributed by atoms with Gasteiger partial charge in [0.25, 0.3) is 5.56 Å². The van der Waals surface area contributed by atoms with Crippen molar-refractivity contribution in [1.82, 2.24) is 14.9 Å². The lowest BCUT2D eigenvalue weighted by molar-refractivity contribution is -0.137. The summed E-state index contributed by atoms with van der Waals surface area (Å²) in [4.78, 5) is 21.8. The molecule has 30 heavy (non-hydrogen) atoms. The molecule has 0 unspecified atom stereocenters. The normalized spacial score (nSPS) is 14.5. The minimum Gasteiger partial charge on any atom is -0.507 e. The van der Waals surface area contributed by atoms with E-state index in [9.17, 15) is 23.1 Å². The number of nitrogens with one attached hydrogen (secondary N) is 1. The first-order valence-electron chi connectivity index (χ1n) is 9.52. The third kappa shape index (κ3) is 3.95. The number of rotatable bonds is 3. The fourth-order valence-corrected chi connectivity index (χ4v) is 3.67. The van der Waals surface area contributed by atoms with Crippen LogP contribution in [-0.2, 0) is 25.7 Å². The quantitative estimate of drug-likeness (QED) is 0.678. The number of halogens is 3. The van der Waals surface area contributed by atoms with Gasteiger partial charge < -0.3 is 10.1 Å². The predicted octanol–water partition coefficient (Wildman–Crippen LogP) is 4.03. The summed E-state index contributed by atoms with van der Waals surface area (Å²) in [5.74, 6) is 0.500.